The third-order valence-electron chi connectivity index (χ3n) is 5.12. The largest absolute Gasteiger partial charge is 0.329 e. The summed E-state index contributed by atoms with van der Waals surface area (Å²) in [6.07, 6.45) is 5.07. The second-order valence-electron chi connectivity index (χ2n) is 6.57. The number of halogens is 1. The van der Waals surface area contributed by atoms with E-state index < -0.39 is 0 Å². The van der Waals surface area contributed by atoms with Gasteiger partial charge in [0.1, 0.15) is 0 Å². The van der Waals surface area contributed by atoms with Gasteiger partial charge in [-0.25, -0.2) is 0 Å². The van der Waals surface area contributed by atoms with Gasteiger partial charge in [0.15, 0.2) is 0 Å². The fourth-order valence-electron chi connectivity index (χ4n) is 3.42. The maximum Gasteiger partial charge on any atom is 0.0931 e. The molecule has 0 spiro atoms. The molecule has 4 heteroatoms. The first-order valence-corrected chi connectivity index (χ1v) is 8.82. The van der Waals surface area contributed by atoms with Crippen LogP contribution in [0.15, 0.2) is 12.1 Å². The van der Waals surface area contributed by atoms with E-state index in [1.807, 2.05) is 6.07 Å². The number of nitrogens with two attached hydrogens (primary N) is 1. The Morgan fingerprint density at radius 1 is 1.40 bits per heavy atom. The third kappa shape index (κ3) is 3.56. The van der Waals surface area contributed by atoms with Crippen LogP contribution in [-0.4, -0.2) is 24.0 Å². The lowest BCUT2D eigenvalue weighted by Gasteiger charge is -2.46. The molecule has 0 atom stereocenters. The van der Waals surface area contributed by atoms with Crippen LogP contribution in [-0.2, 0) is 6.54 Å². The normalized spacial score (nSPS) is 27.4. The van der Waals surface area contributed by atoms with Crippen LogP contribution in [0, 0.1) is 11.8 Å². The van der Waals surface area contributed by atoms with Crippen molar-refractivity contribution in [1.82, 2.24) is 4.90 Å². The van der Waals surface area contributed by atoms with Crippen molar-refractivity contribution in [3.63, 3.8) is 0 Å². The molecule has 20 heavy (non-hydrogen) atoms. The van der Waals surface area contributed by atoms with Crippen LogP contribution in [0.4, 0.5) is 0 Å². The molecule has 1 fully saturated rings. The second kappa shape index (κ2) is 6.78. The van der Waals surface area contributed by atoms with E-state index in [4.69, 9.17) is 17.3 Å². The lowest BCUT2D eigenvalue weighted by Crippen LogP contribution is -2.53. The van der Waals surface area contributed by atoms with Crippen LogP contribution in [0.5, 0.6) is 0 Å². The summed E-state index contributed by atoms with van der Waals surface area (Å²) < 4.78 is 0.874. The van der Waals surface area contributed by atoms with Gasteiger partial charge >= 0.3 is 0 Å². The van der Waals surface area contributed by atoms with Crippen LogP contribution in [0.25, 0.3) is 0 Å². The standard InChI is InChI=1S/C16H27ClN2S/c1-12(2)13-6-8-16(11-18,9-7-13)19(3)10-14-4-5-15(17)20-14/h4-5,12-13H,6-11,18H2,1-3H3. The molecule has 0 amide bonds. The molecule has 0 aliphatic heterocycles. The molecule has 2 nitrogen and oxygen atoms in total. The number of hydrogen-bond acceptors (Lipinski definition) is 3. The molecule has 0 saturated heterocycles. The zero-order valence-electron chi connectivity index (χ0n) is 12.9. The molecule has 2 rings (SSSR count). The Hall–Kier alpha value is -0.0900. The maximum absolute atomic E-state index is 6.16. The first kappa shape index (κ1) is 16.3. The molecular formula is C16H27ClN2S. The fraction of sp³-hybridized carbons (Fsp3) is 0.750. The molecule has 1 aliphatic rings. The lowest BCUT2D eigenvalue weighted by atomic mass is 9.72. The average molecular weight is 315 g/mol. The Balaban J connectivity index is 2.00. The molecule has 0 unspecified atom stereocenters. The van der Waals surface area contributed by atoms with Gasteiger partial charge in [-0.05, 0) is 56.7 Å². The smallest absolute Gasteiger partial charge is 0.0931 e. The lowest BCUT2D eigenvalue weighted by molar-refractivity contribution is 0.0505. The van der Waals surface area contributed by atoms with Gasteiger partial charge in [0.05, 0.1) is 4.34 Å². The van der Waals surface area contributed by atoms with Crippen LogP contribution < -0.4 is 5.73 Å². The van der Waals surface area contributed by atoms with E-state index in [-0.39, 0.29) is 5.54 Å². The highest BCUT2D eigenvalue weighted by Crippen LogP contribution is 2.39. The summed E-state index contributed by atoms with van der Waals surface area (Å²) in [5, 5.41) is 0. The van der Waals surface area contributed by atoms with Crippen molar-refractivity contribution < 1.29 is 0 Å². The zero-order chi connectivity index (χ0) is 14.8. The minimum absolute atomic E-state index is 0.182. The Labute approximate surface area is 132 Å². The number of thiophene rings is 1. The number of rotatable bonds is 5. The van der Waals surface area contributed by atoms with E-state index in [2.05, 4.69) is 31.9 Å². The molecule has 0 radical (unpaired) electrons. The molecule has 0 aromatic carbocycles. The highest BCUT2D eigenvalue weighted by molar-refractivity contribution is 7.16. The zero-order valence-corrected chi connectivity index (χ0v) is 14.4. The third-order valence-corrected chi connectivity index (χ3v) is 6.33. The minimum Gasteiger partial charge on any atom is -0.329 e. The van der Waals surface area contributed by atoms with E-state index in [1.54, 1.807) is 11.3 Å². The van der Waals surface area contributed by atoms with Crippen LogP contribution in [0.3, 0.4) is 0 Å². The van der Waals surface area contributed by atoms with Crippen molar-refractivity contribution in [2.75, 3.05) is 13.6 Å². The first-order valence-electron chi connectivity index (χ1n) is 7.62. The quantitative estimate of drug-likeness (QED) is 0.874. The minimum atomic E-state index is 0.182. The molecule has 1 aromatic rings. The first-order chi connectivity index (χ1) is 9.47. The topological polar surface area (TPSA) is 29.3 Å². The van der Waals surface area contributed by atoms with Gasteiger partial charge in [-0.2, -0.15) is 0 Å². The van der Waals surface area contributed by atoms with Crippen molar-refractivity contribution in [3.05, 3.63) is 21.3 Å². The summed E-state index contributed by atoms with van der Waals surface area (Å²) in [5.74, 6) is 1.67. The molecule has 0 bridgehead atoms. The summed E-state index contributed by atoms with van der Waals surface area (Å²) in [4.78, 5) is 3.79. The van der Waals surface area contributed by atoms with Gasteiger partial charge in [0.2, 0.25) is 0 Å². The molecular weight excluding hydrogens is 288 g/mol. The average Bonchev–Trinajstić information content (AvgIpc) is 2.84. The van der Waals surface area contributed by atoms with Gasteiger partial charge in [-0.3, -0.25) is 4.90 Å². The predicted molar refractivity (Wildman–Crippen MR) is 89.4 cm³/mol. The molecule has 1 saturated carbocycles. The van der Waals surface area contributed by atoms with Crippen molar-refractivity contribution >= 4 is 22.9 Å². The summed E-state index contributed by atoms with van der Waals surface area (Å²) in [7, 11) is 2.22. The van der Waals surface area contributed by atoms with Crippen LogP contribution in [0.1, 0.15) is 44.4 Å². The molecule has 114 valence electrons. The van der Waals surface area contributed by atoms with Gasteiger partial charge in [0.25, 0.3) is 0 Å². The van der Waals surface area contributed by atoms with Crippen molar-refractivity contribution in [2.45, 2.75) is 51.6 Å². The van der Waals surface area contributed by atoms with Crippen LogP contribution >= 0.6 is 22.9 Å². The maximum atomic E-state index is 6.16. The predicted octanol–water partition coefficient (Wildman–Crippen LogP) is 4.38. The van der Waals surface area contributed by atoms with Crippen molar-refractivity contribution in [1.29, 1.82) is 0 Å². The SMILES string of the molecule is CC(C)C1CCC(CN)(N(C)Cc2ccc(Cl)s2)CC1. The fourth-order valence-corrected chi connectivity index (χ4v) is 4.57. The van der Waals surface area contributed by atoms with Gasteiger partial charge in [-0.1, -0.05) is 25.4 Å². The highest BCUT2D eigenvalue weighted by Gasteiger charge is 2.38. The monoisotopic (exact) mass is 314 g/mol. The molecule has 1 heterocycles. The van der Waals surface area contributed by atoms with E-state index in [1.165, 1.54) is 30.6 Å². The van der Waals surface area contributed by atoms with Crippen LogP contribution in [0.2, 0.25) is 4.34 Å². The Morgan fingerprint density at radius 3 is 2.50 bits per heavy atom. The van der Waals surface area contributed by atoms with Gasteiger partial charge in [0, 0.05) is 23.5 Å². The molecule has 1 aromatic heterocycles. The summed E-state index contributed by atoms with van der Waals surface area (Å²) >= 11 is 7.71. The van der Waals surface area contributed by atoms with E-state index >= 15 is 0 Å². The number of likely N-dealkylation sites (N-methyl/N-ethyl adjacent to an activating group) is 1. The number of hydrogen-bond donors (Lipinski definition) is 1. The second-order valence-corrected chi connectivity index (χ2v) is 8.37. The van der Waals surface area contributed by atoms with Gasteiger partial charge in [-0.15, -0.1) is 11.3 Å². The molecule has 2 N–H and O–H groups in total. The Morgan fingerprint density at radius 2 is 2.05 bits per heavy atom. The number of nitrogens with zero attached hydrogens (tertiary/aromatic N) is 1. The van der Waals surface area contributed by atoms with Crippen molar-refractivity contribution in [3.8, 4) is 0 Å². The van der Waals surface area contributed by atoms with E-state index in [0.29, 0.717) is 0 Å². The van der Waals surface area contributed by atoms with E-state index in [0.717, 1.165) is 29.3 Å². The van der Waals surface area contributed by atoms with Gasteiger partial charge < -0.3 is 5.73 Å². The summed E-state index contributed by atoms with van der Waals surface area (Å²) in [5.41, 5.74) is 6.34. The Bertz CT molecular complexity index is 422. The molecule has 1 aliphatic carbocycles. The van der Waals surface area contributed by atoms with Crippen molar-refractivity contribution in [2.24, 2.45) is 17.6 Å². The highest BCUT2D eigenvalue weighted by atomic mass is 35.5. The summed E-state index contributed by atoms with van der Waals surface area (Å²) in [6.45, 7) is 6.41. The summed E-state index contributed by atoms with van der Waals surface area (Å²) in [6, 6.07) is 4.12. The van der Waals surface area contributed by atoms with E-state index in [9.17, 15) is 0 Å². The Kier molecular flexibility index (Phi) is 5.52.